The topological polar surface area (TPSA) is 145 Å². The molecule has 1 spiro atoms. The Balaban J connectivity index is 1.53. The average molecular weight is 511 g/mol. The first-order valence-electron chi connectivity index (χ1n) is 11.7. The van der Waals surface area contributed by atoms with E-state index in [0.29, 0.717) is 32.4 Å². The number of amides is 3. The van der Waals surface area contributed by atoms with Crippen molar-refractivity contribution in [3.8, 4) is 5.75 Å². The number of aromatic hydroxyl groups is 1. The molecule has 0 saturated carbocycles. The maximum absolute atomic E-state index is 13.3. The zero-order valence-corrected chi connectivity index (χ0v) is 20.8. The number of benzene rings is 1. The Hall–Kier alpha value is -1.95. The zero-order valence-electron chi connectivity index (χ0n) is 19.2. The van der Waals surface area contributed by atoms with Crippen molar-refractivity contribution in [3.63, 3.8) is 0 Å². The maximum atomic E-state index is 13.3. The van der Waals surface area contributed by atoms with Crippen molar-refractivity contribution in [1.82, 2.24) is 15.7 Å². The minimum Gasteiger partial charge on any atom is -0.508 e. The van der Waals surface area contributed by atoms with Crippen LogP contribution in [-0.4, -0.2) is 73.7 Å². The normalized spacial score (nSPS) is 19.8. The molecule has 2 aliphatic heterocycles. The van der Waals surface area contributed by atoms with Gasteiger partial charge >= 0.3 is 0 Å². The van der Waals surface area contributed by atoms with Gasteiger partial charge in [0.25, 0.3) is 0 Å². The van der Waals surface area contributed by atoms with Crippen LogP contribution in [0.25, 0.3) is 0 Å². The van der Waals surface area contributed by atoms with Crippen LogP contribution in [0.1, 0.15) is 44.1 Å². The van der Waals surface area contributed by atoms with E-state index in [-0.39, 0.29) is 34.0 Å². The van der Waals surface area contributed by atoms with E-state index >= 15 is 0 Å². The van der Waals surface area contributed by atoms with E-state index in [1.807, 2.05) is 23.5 Å². The largest absolute Gasteiger partial charge is 0.508 e. The number of hydrogen-bond donors (Lipinski definition) is 5. The predicted molar refractivity (Wildman–Crippen MR) is 134 cm³/mol. The maximum Gasteiger partial charge on any atom is 0.243 e. The van der Waals surface area contributed by atoms with E-state index in [2.05, 4.69) is 5.32 Å². The third-order valence-corrected chi connectivity index (χ3v) is 9.58. The van der Waals surface area contributed by atoms with Gasteiger partial charge in [-0.05, 0) is 37.0 Å². The first-order chi connectivity index (χ1) is 16.3. The molecule has 3 amide bonds. The summed E-state index contributed by atoms with van der Waals surface area (Å²) in [5.41, 5.74) is 8.75. The van der Waals surface area contributed by atoms with E-state index in [0.717, 1.165) is 36.3 Å². The van der Waals surface area contributed by atoms with Crippen LogP contribution in [0.2, 0.25) is 0 Å². The molecule has 3 rings (SSSR count). The van der Waals surface area contributed by atoms with Gasteiger partial charge in [0.2, 0.25) is 17.7 Å². The summed E-state index contributed by atoms with van der Waals surface area (Å²) in [6.45, 7) is 1.02. The summed E-state index contributed by atoms with van der Waals surface area (Å²) in [6.07, 6.45) is 4.39. The first-order valence-corrected chi connectivity index (χ1v) is 13.6. The van der Waals surface area contributed by atoms with E-state index in [1.54, 1.807) is 34.6 Å². The highest BCUT2D eigenvalue weighted by Crippen LogP contribution is 2.51. The molecule has 0 unspecified atom stereocenters. The van der Waals surface area contributed by atoms with Crippen LogP contribution < -0.4 is 16.5 Å². The molecule has 0 radical (unpaired) electrons. The second kappa shape index (κ2) is 12.7. The van der Waals surface area contributed by atoms with Gasteiger partial charge in [-0.25, -0.2) is 5.48 Å². The minimum absolute atomic E-state index is 0.144. The van der Waals surface area contributed by atoms with Crippen LogP contribution in [0.3, 0.4) is 0 Å². The Morgan fingerprint density at radius 1 is 1.12 bits per heavy atom. The molecule has 188 valence electrons. The second-order valence-electron chi connectivity index (χ2n) is 8.76. The highest BCUT2D eigenvalue weighted by molar-refractivity contribution is 8.21. The number of nitrogens with one attached hydrogen (secondary N) is 2. The lowest BCUT2D eigenvalue weighted by molar-refractivity contribution is -0.139. The van der Waals surface area contributed by atoms with Gasteiger partial charge in [0.1, 0.15) is 11.8 Å². The molecule has 0 aliphatic carbocycles. The second-order valence-corrected chi connectivity index (χ2v) is 12.0. The van der Waals surface area contributed by atoms with Crippen molar-refractivity contribution in [2.75, 3.05) is 24.6 Å². The van der Waals surface area contributed by atoms with Gasteiger partial charge in [-0.1, -0.05) is 25.0 Å². The minimum atomic E-state index is -0.762. The number of nitrogens with two attached hydrogens (primary N) is 1. The molecule has 2 fully saturated rings. The summed E-state index contributed by atoms with van der Waals surface area (Å²) < 4.78 is -0.150. The summed E-state index contributed by atoms with van der Waals surface area (Å²) >= 11 is 3.65. The van der Waals surface area contributed by atoms with Gasteiger partial charge in [-0.2, -0.15) is 0 Å². The molecule has 11 heteroatoms. The van der Waals surface area contributed by atoms with Crippen molar-refractivity contribution in [1.29, 1.82) is 0 Å². The van der Waals surface area contributed by atoms with Crippen LogP contribution in [0.5, 0.6) is 5.75 Å². The molecule has 1 aromatic carbocycles. The molecule has 0 bridgehead atoms. The van der Waals surface area contributed by atoms with Crippen LogP contribution in [0.15, 0.2) is 24.3 Å². The standard InChI is InChI=1S/C23H34N4O5S2/c24-18(13-16-6-8-17(28)9-7-16)22(31)27-15-23(33-11-12-34-23)14-19(27)21(30)25-10-4-2-1-3-5-20(29)26-32/h6-9,18-19,28,32H,1-5,10-15,24H2,(H,25,30)(H,26,29)/t18-,19-/m0/s1. The Bertz CT molecular complexity index is 848. The number of hydrogen-bond acceptors (Lipinski definition) is 8. The van der Waals surface area contributed by atoms with Crippen molar-refractivity contribution in [3.05, 3.63) is 29.8 Å². The molecule has 6 N–H and O–H groups in total. The summed E-state index contributed by atoms with van der Waals surface area (Å²) in [5.74, 6) is 1.42. The number of likely N-dealkylation sites (tertiary alicyclic amines) is 1. The van der Waals surface area contributed by atoms with E-state index in [1.165, 1.54) is 0 Å². The fourth-order valence-corrected chi connectivity index (χ4v) is 7.60. The number of carbonyl (C=O) groups excluding carboxylic acids is 3. The number of unbranched alkanes of at least 4 members (excludes halogenated alkanes) is 3. The lowest BCUT2D eigenvalue weighted by Gasteiger charge is -2.27. The number of phenols is 1. The van der Waals surface area contributed by atoms with Gasteiger partial charge in [-0.3, -0.25) is 19.6 Å². The molecule has 2 atom stereocenters. The van der Waals surface area contributed by atoms with Crippen LogP contribution in [-0.2, 0) is 20.8 Å². The fourth-order valence-electron chi connectivity index (χ4n) is 4.35. The van der Waals surface area contributed by atoms with Gasteiger partial charge < -0.3 is 21.1 Å². The van der Waals surface area contributed by atoms with Crippen LogP contribution in [0, 0.1) is 0 Å². The van der Waals surface area contributed by atoms with E-state index < -0.39 is 12.1 Å². The number of carbonyl (C=O) groups is 3. The summed E-state index contributed by atoms with van der Waals surface area (Å²) in [5, 5.41) is 21.0. The van der Waals surface area contributed by atoms with Gasteiger partial charge in [0.15, 0.2) is 0 Å². The van der Waals surface area contributed by atoms with Crippen molar-refractivity contribution in [2.24, 2.45) is 5.73 Å². The Morgan fingerprint density at radius 3 is 2.47 bits per heavy atom. The third kappa shape index (κ3) is 7.27. The number of phenolic OH excluding ortho intramolecular Hbond substituents is 1. The molecular formula is C23H34N4O5S2. The summed E-state index contributed by atoms with van der Waals surface area (Å²) in [6, 6.07) is 5.34. The molecule has 2 heterocycles. The highest BCUT2D eigenvalue weighted by Gasteiger charge is 2.51. The van der Waals surface area contributed by atoms with Crippen molar-refractivity contribution >= 4 is 41.2 Å². The van der Waals surface area contributed by atoms with Gasteiger partial charge in [-0.15, -0.1) is 23.5 Å². The van der Waals surface area contributed by atoms with Crippen LogP contribution in [0.4, 0.5) is 0 Å². The van der Waals surface area contributed by atoms with Gasteiger partial charge in [0, 0.05) is 37.4 Å². The first kappa shape index (κ1) is 26.7. The predicted octanol–water partition coefficient (Wildman–Crippen LogP) is 1.61. The van der Waals surface area contributed by atoms with Crippen molar-refractivity contribution < 1.29 is 24.7 Å². The van der Waals surface area contributed by atoms with Crippen molar-refractivity contribution in [2.45, 2.75) is 61.1 Å². The Labute approximate surface area is 208 Å². The number of nitrogens with zero attached hydrogens (tertiary/aromatic N) is 1. The molecule has 2 saturated heterocycles. The third-order valence-electron chi connectivity index (χ3n) is 6.15. The number of thioether (sulfide) groups is 2. The van der Waals surface area contributed by atoms with E-state index in [4.69, 9.17) is 10.9 Å². The quantitative estimate of drug-likeness (QED) is 0.172. The van der Waals surface area contributed by atoms with Crippen LogP contribution >= 0.6 is 23.5 Å². The Morgan fingerprint density at radius 2 is 1.79 bits per heavy atom. The summed E-state index contributed by atoms with van der Waals surface area (Å²) in [7, 11) is 0. The fraction of sp³-hybridized carbons (Fsp3) is 0.609. The highest BCUT2D eigenvalue weighted by atomic mass is 32.2. The molecule has 34 heavy (non-hydrogen) atoms. The lowest BCUT2D eigenvalue weighted by atomic mass is 10.0. The number of rotatable bonds is 11. The average Bonchev–Trinajstić information content (AvgIpc) is 3.45. The lowest BCUT2D eigenvalue weighted by Crippen LogP contribution is -2.52. The molecule has 0 aromatic heterocycles. The summed E-state index contributed by atoms with van der Waals surface area (Å²) in [4.78, 5) is 39.1. The van der Waals surface area contributed by atoms with Gasteiger partial charge in [0.05, 0.1) is 10.1 Å². The molecule has 9 nitrogen and oxygen atoms in total. The SMILES string of the molecule is N[C@@H](Cc1ccc(O)cc1)C(=O)N1CC2(C[C@H]1C(=O)NCCCCCCC(=O)NO)SCCS2. The zero-order chi connectivity index (χ0) is 24.6. The number of hydroxylamine groups is 1. The molecule has 2 aliphatic rings. The Kier molecular flexibility index (Phi) is 9.93. The smallest absolute Gasteiger partial charge is 0.243 e. The monoisotopic (exact) mass is 510 g/mol. The molecular weight excluding hydrogens is 476 g/mol. The molecule has 1 aromatic rings. The van der Waals surface area contributed by atoms with E-state index in [9.17, 15) is 19.5 Å².